The molecule has 1 aromatic carbocycles. The molecule has 0 amide bonds. The van der Waals surface area contributed by atoms with Crippen LogP contribution in [0.5, 0.6) is 17.2 Å². The van der Waals surface area contributed by atoms with Crippen molar-refractivity contribution in [2.45, 2.75) is 38.8 Å². The topological polar surface area (TPSA) is 52.4 Å². The van der Waals surface area contributed by atoms with E-state index in [0.29, 0.717) is 5.75 Å². The van der Waals surface area contributed by atoms with E-state index in [1.54, 1.807) is 7.11 Å². The Labute approximate surface area is 131 Å². The third kappa shape index (κ3) is 2.52. The first-order valence-corrected chi connectivity index (χ1v) is 8.02. The van der Waals surface area contributed by atoms with Gasteiger partial charge in [-0.1, -0.05) is 13.8 Å². The average molecular weight is 308 g/mol. The van der Waals surface area contributed by atoms with E-state index in [9.17, 15) is 5.11 Å². The number of aliphatic hydroxyl groups excluding tert-OH is 1. The first-order valence-electron chi connectivity index (χ1n) is 8.02. The molecule has 3 atom stereocenters. The second-order valence-electron chi connectivity index (χ2n) is 6.66. The number of nitrogens with one attached hydrogen (secondary N) is 1. The predicted molar refractivity (Wildman–Crippen MR) is 82.8 cm³/mol. The molecule has 0 saturated heterocycles. The van der Waals surface area contributed by atoms with Gasteiger partial charge in [-0.3, -0.25) is 0 Å². The molecule has 0 bridgehead atoms. The minimum absolute atomic E-state index is 0.214. The summed E-state index contributed by atoms with van der Waals surface area (Å²) in [5.41, 5.74) is 2.43. The first-order chi connectivity index (χ1) is 10.5. The molecule has 1 unspecified atom stereocenters. The highest BCUT2D eigenvalue weighted by Crippen LogP contribution is 2.48. The fourth-order valence-electron chi connectivity index (χ4n) is 3.45. The lowest BCUT2D eigenvalue weighted by Gasteiger charge is -2.34. The second-order valence-corrected chi connectivity index (χ2v) is 6.66. The van der Waals surface area contributed by atoms with E-state index in [2.05, 4.69) is 27.0 Å². The molecule has 2 aliphatic rings. The number of hydrogen-bond donors (Lipinski definition) is 2. The maximum atomic E-state index is 10.4. The van der Waals surface area contributed by atoms with E-state index in [0.717, 1.165) is 30.9 Å². The minimum atomic E-state index is -0.318. The maximum absolute atomic E-state index is 10.4. The Morgan fingerprint density at radius 2 is 2.18 bits per heavy atom. The number of methoxy groups -OCH3 is 1. The van der Waals surface area contributed by atoms with Crippen LogP contribution in [0, 0.1) is 5.92 Å². The number of quaternary nitrogens is 1. The molecule has 5 nitrogen and oxygen atoms in total. The molecule has 5 heteroatoms. The molecule has 2 N–H and O–H groups in total. The largest absolute Gasteiger partial charge is 0.492 e. The van der Waals surface area contributed by atoms with Crippen LogP contribution < -0.4 is 19.1 Å². The summed E-state index contributed by atoms with van der Waals surface area (Å²) in [6.07, 6.45) is 1.40. The van der Waals surface area contributed by atoms with Crippen LogP contribution in [0.25, 0.3) is 0 Å². The van der Waals surface area contributed by atoms with Crippen molar-refractivity contribution in [2.75, 3.05) is 27.5 Å². The number of hydrogen-bond acceptors (Lipinski definition) is 4. The monoisotopic (exact) mass is 308 g/mol. The Balaban J connectivity index is 2.04. The van der Waals surface area contributed by atoms with Gasteiger partial charge in [0, 0.05) is 12.8 Å². The Bertz CT molecular complexity index is 558. The molecule has 0 fully saturated rings. The molecular formula is C17H26NO4+. The third-order valence-electron chi connectivity index (χ3n) is 4.93. The average Bonchev–Trinajstić information content (AvgIpc) is 2.95. The predicted octanol–water partition coefficient (Wildman–Crippen LogP) is 0.943. The lowest BCUT2D eigenvalue weighted by atomic mass is 9.86. The zero-order chi connectivity index (χ0) is 15.9. The van der Waals surface area contributed by atoms with Crippen molar-refractivity contribution in [3.05, 3.63) is 17.2 Å². The summed E-state index contributed by atoms with van der Waals surface area (Å²) in [4.78, 5) is 1.41. The fourth-order valence-corrected chi connectivity index (χ4v) is 3.45. The molecule has 2 aliphatic heterocycles. The number of ether oxygens (including phenoxy) is 3. The lowest BCUT2D eigenvalue weighted by Crippen LogP contribution is -3.10. The van der Waals surface area contributed by atoms with E-state index in [1.807, 2.05) is 0 Å². The number of benzene rings is 1. The van der Waals surface area contributed by atoms with Crippen LogP contribution in [0.1, 0.15) is 37.4 Å². The van der Waals surface area contributed by atoms with E-state index >= 15 is 0 Å². The highest BCUT2D eigenvalue weighted by Gasteiger charge is 2.37. The van der Waals surface area contributed by atoms with Gasteiger partial charge in [0.25, 0.3) is 0 Å². The van der Waals surface area contributed by atoms with E-state index in [1.165, 1.54) is 16.0 Å². The summed E-state index contributed by atoms with van der Waals surface area (Å²) in [5.74, 6) is 2.52. The van der Waals surface area contributed by atoms with Gasteiger partial charge < -0.3 is 24.2 Å². The zero-order valence-corrected chi connectivity index (χ0v) is 13.8. The standard InChI is InChI=1S/C17H25NO4/c1-10(2)13(19)8-12-15-11(5-6-18(12)3)7-14-16(17(15)20-4)22-9-21-14/h7,10,12-13,19H,5-6,8-9H2,1-4H3/p+1/t12-,13-/m0/s1. The summed E-state index contributed by atoms with van der Waals surface area (Å²) in [5, 5.41) is 10.4. The van der Waals surface area contributed by atoms with E-state index in [4.69, 9.17) is 14.2 Å². The van der Waals surface area contributed by atoms with Gasteiger partial charge in [0.15, 0.2) is 11.5 Å². The highest BCUT2D eigenvalue weighted by molar-refractivity contribution is 5.61. The van der Waals surface area contributed by atoms with Crippen molar-refractivity contribution < 1.29 is 24.2 Å². The molecule has 0 spiro atoms. The van der Waals surface area contributed by atoms with Gasteiger partial charge in [0.1, 0.15) is 6.04 Å². The van der Waals surface area contributed by atoms with E-state index < -0.39 is 0 Å². The van der Waals surface area contributed by atoms with Crippen LogP contribution in [0.3, 0.4) is 0 Å². The molecule has 0 aliphatic carbocycles. The van der Waals surface area contributed by atoms with Crippen molar-refractivity contribution in [1.82, 2.24) is 0 Å². The molecule has 1 aromatic rings. The van der Waals surface area contributed by atoms with E-state index in [-0.39, 0.29) is 24.9 Å². The molecule has 122 valence electrons. The highest BCUT2D eigenvalue weighted by atomic mass is 16.7. The number of fused-ring (bicyclic) bond motifs is 2. The summed E-state index contributed by atoms with van der Waals surface area (Å²) in [6.45, 7) is 5.41. The number of rotatable bonds is 4. The Morgan fingerprint density at radius 1 is 1.41 bits per heavy atom. The molecule has 3 rings (SSSR count). The summed E-state index contributed by atoms with van der Waals surface area (Å²) >= 11 is 0. The van der Waals surface area contributed by atoms with Gasteiger partial charge in [-0.15, -0.1) is 0 Å². The van der Waals surface area contributed by atoms with Gasteiger partial charge in [-0.2, -0.15) is 0 Å². The SMILES string of the molecule is COc1c2c(cc3c1[C@H](C[C@H](O)C(C)C)[NH+](C)CC3)OCO2. The normalized spacial score (nSPS) is 24.3. The Kier molecular flexibility index (Phi) is 4.19. The number of aliphatic hydroxyl groups is 1. The van der Waals surface area contributed by atoms with Crippen molar-refractivity contribution >= 4 is 0 Å². The number of likely N-dealkylation sites (N-methyl/N-ethyl adjacent to an activating group) is 1. The quantitative estimate of drug-likeness (QED) is 0.869. The second kappa shape index (κ2) is 5.97. The zero-order valence-electron chi connectivity index (χ0n) is 13.8. The van der Waals surface area contributed by atoms with Crippen LogP contribution in [-0.4, -0.2) is 38.7 Å². The first kappa shape index (κ1) is 15.4. The van der Waals surface area contributed by atoms with Crippen LogP contribution in [0.15, 0.2) is 6.07 Å². The van der Waals surface area contributed by atoms with Gasteiger partial charge in [-0.05, 0) is 17.5 Å². The lowest BCUT2D eigenvalue weighted by molar-refractivity contribution is -0.915. The fraction of sp³-hybridized carbons (Fsp3) is 0.647. The van der Waals surface area contributed by atoms with Gasteiger partial charge >= 0.3 is 0 Å². The van der Waals surface area contributed by atoms with Gasteiger partial charge in [0.2, 0.25) is 12.5 Å². The minimum Gasteiger partial charge on any atom is -0.492 e. The Morgan fingerprint density at radius 3 is 2.86 bits per heavy atom. The van der Waals surface area contributed by atoms with Gasteiger partial charge in [-0.25, -0.2) is 0 Å². The molecule has 0 saturated carbocycles. The van der Waals surface area contributed by atoms with Crippen LogP contribution >= 0.6 is 0 Å². The third-order valence-corrected chi connectivity index (χ3v) is 4.93. The maximum Gasteiger partial charge on any atom is 0.231 e. The summed E-state index contributed by atoms with van der Waals surface area (Å²) in [6, 6.07) is 2.30. The van der Waals surface area contributed by atoms with Crippen molar-refractivity contribution in [3.63, 3.8) is 0 Å². The molecule has 0 aromatic heterocycles. The molecular weight excluding hydrogens is 282 g/mol. The summed E-state index contributed by atoms with van der Waals surface area (Å²) < 4.78 is 16.8. The molecule has 22 heavy (non-hydrogen) atoms. The molecule has 2 heterocycles. The summed E-state index contributed by atoms with van der Waals surface area (Å²) in [7, 11) is 3.86. The van der Waals surface area contributed by atoms with Crippen molar-refractivity contribution in [1.29, 1.82) is 0 Å². The Hall–Kier alpha value is -1.46. The van der Waals surface area contributed by atoms with Crippen LogP contribution in [0.2, 0.25) is 0 Å². The van der Waals surface area contributed by atoms with Crippen molar-refractivity contribution in [2.24, 2.45) is 5.92 Å². The van der Waals surface area contributed by atoms with Gasteiger partial charge in [0.05, 0.1) is 32.4 Å². The van der Waals surface area contributed by atoms with Crippen LogP contribution in [0.4, 0.5) is 0 Å². The molecule has 0 radical (unpaired) electrons. The van der Waals surface area contributed by atoms with Crippen LogP contribution in [-0.2, 0) is 6.42 Å². The smallest absolute Gasteiger partial charge is 0.231 e. The van der Waals surface area contributed by atoms with Crippen molar-refractivity contribution in [3.8, 4) is 17.2 Å².